The van der Waals surface area contributed by atoms with E-state index in [9.17, 15) is 19.5 Å². The number of rotatable bonds is 10. The second kappa shape index (κ2) is 11.5. The fourth-order valence-corrected chi connectivity index (χ4v) is 4.02. The molecule has 8 N–H and O–H groups in total. The average molecular weight is 527 g/mol. The number of nitrogen functional groups attached to an aromatic ring is 2. The lowest BCUT2D eigenvalue weighted by molar-refractivity contribution is -0.121. The van der Waals surface area contributed by atoms with Gasteiger partial charge in [-0.3, -0.25) is 24.6 Å². The van der Waals surface area contributed by atoms with Crippen LogP contribution < -0.4 is 32.8 Å². The maximum atomic E-state index is 13.5. The van der Waals surface area contributed by atoms with E-state index in [1.807, 2.05) is 6.92 Å². The molecular formula is C24H27ClN8O4. The van der Waals surface area contributed by atoms with E-state index in [1.54, 1.807) is 31.3 Å². The minimum Gasteiger partial charge on any atom is -0.478 e. The maximum Gasteiger partial charge on any atom is 0.335 e. The Bertz CT molecular complexity index is 1420. The second-order valence-electron chi connectivity index (χ2n) is 8.03. The number of carboxylic acids is 1. The zero-order valence-electron chi connectivity index (χ0n) is 20.2. The summed E-state index contributed by atoms with van der Waals surface area (Å²) in [5, 5.41) is 21.2. The average Bonchev–Trinajstić information content (AvgIpc) is 2.84. The number of carboxylic acid groups (broad SMARTS) is 1. The normalized spacial score (nSPS) is 10.7. The SMILES string of the molecule is CCNN(C)c1nc(Cl)c(-c2cc(N)cc(C(=O)O)c2)n(CC(=O)NCc2ccccc2C(=N)N)c1=O. The number of benzene rings is 2. The number of nitrogens with one attached hydrogen (secondary N) is 3. The highest BCUT2D eigenvalue weighted by atomic mass is 35.5. The minimum atomic E-state index is -1.23. The van der Waals surface area contributed by atoms with Crippen molar-refractivity contribution in [3.63, 3.8) is 0 Å². The second-order valence-corrected chi connectivity index (χ2v) is 8.39. The van der Waals surface area contributed by atoms with Crippen LogP contribution in [0.4, 0.5) is 11.5 Å². The molecule has 13 heteroatoms. The van der Waals surface area contributed by atoms with Crippen LogP contribution in [0.5, 0.6) is 0 Å². The monoisotopic (exact) mass is 526 g/mol. The number of amides is 1. The van der Waals surface area contributed by atoms with Gasteiger partial charge in [0.25, 0.3) is 5.56 Å². The van der Waals surface area contributed by atoms with Gasteiger partial charge in [-0.15, -0.1) is 0 Å². The molecule has 0 radical (unpaired) electrons. The fraction of sp³-hybridized carbons (Fsp3) is 0.208. The van der Waals surface area contributed by atoms with Crippen LogP contribution in [0.2, 0.25) is 5.15 Å². The predicted molar refractivity (Wildman–Crippen MR) is 142 cm³/mol. The fourth-order valence-electron chi connectivity index (χ4n) is 3.73. The highest BCUT2D eigenvalue weighted by Gasteiger charge is 2.22. The third-order valence-electron chi connectivity index (χ3n) is 5.38. The molecule has 12 nitrogen and oxygen atoms in total. The Morgan fingerprint density at radius 2 is 1.95 bits per heavy atom. The van der Waals surface area contributed by atoms with Gasteiger partial charge in [0.2, 0.25) is 11.7 Å². The highest BCUT2D eigenvalue weighted by molar-refractivity contribution is 6.32. The van der Waals surface area contributed by atoms with Gasteiger partial charge in [0, 0.05) is 37.0 Å². The van der Waals surface area contributed by atoms with Crippen LogP contribution in [0, 0.1) is 5.41 Å². The van der Waals surface area contributed by atoms with Gasteiger partial charge >= 0.3 is 5.97 Å². The van der Waals surface area contributed by atoms with Crippen LogP contribution in [0.3, 0.4) is 0 Å². The number of aromatic nitrogens is 2. The van der Waals surface area contributed by atoms with Crippen molar-refractivity contribution < 1.29 is 14.7 Å². The number of carbonyl (C=O) groups excluding carboxylic acids is 1. The number of aromatic carboxylic acids is 1. The molecular weight excluding hydrogens is 500 g/mol. The first-order chi connectivity index (χ1) is 17.5. The van der Waals surface area contributed by atoms with Gasteiger partial charge in [-0.2, -0.15) is 0 Å². The molecule has 0 aliphatic rings. The van der Waals surface area contributed by atoms with Crippen LogP contribution in [-0.2, 0) is 17.9 Å². The Morgan fingerprint density at radius 3 is 2.59 bits per heavy atom. The molecule has 0 bridgehead atoms. The first-order valence-corrected chi connectivity index (χ1v) is 11.5. The molecule has 0 spiro atoms. The highest BCUT2D eigenvalue weighted by Crippen LogP contribution is 2.29. The van der Waals surface area contributed by atoms with E-state index < -0.39 is 24.0 Å². The lowest BCUT2D eigenvalue weighted by Gasteiger charge is -2.22. The van der Waals surface area contributed by atoms with Gasteiger partial charge in [0.1, 0.15) is 12.4 Å². The predicted octanol–water partition coefficient (Wildman–Crippen LogP) is 1.41. The van der Waals surface area contributed by atoms with Crippen LogP contribution in [-0.4, -0.2) is 46.0 Å². The number of amidine groups is 1. The van der Waals surface area contributed by atoms with Crippen molar-refractivity contribution in [2.75, 3.05) is 24.3 Å². The molecule has 37 heavy (non-hydrogen) atoms. The molecule has 1 heterocycles. The summed E-state index contributed by atoms with van der Waals surface area (Å²) in [6.07, 6.45) is 0. The minimum absolute atomic E-state index is 0.0365. The first-order valence-electron chi connectivity index (χ1n) is 11.1. The maximum absolute atomic E-state index is 13.5. The van der Waals surface area contributed by atoms with E-state index in [0.717, 1.165) is 4.57 Å². The van der Waals surface area contributed by atoms with Crippen molar-refractivity contribution in [1.82, 2.24) is 20.3 Å². The molecule has 0 saturated carbocycles. The molecule has 194 valence electrons. The summed E-state index contributed by atoms with van der Waals surface area (Å²) in [6, 6.07) is 10.9. The molecule has 2 aromatic carbocycles. The van der Waals surface area contributed by atoms with Crippen LogP contribution in [0.15, 0.2) is 47.3 Å². The summed E-state index contributed by atoms with van der Waals surface area (Å²) in [4.78, 5) is 42.3. The van der Waals surface area contributed by atoms with E-state index in [-0.39, 0.29) is 45.9 Å². The van der Waals surface area contributed by atoms with Crippen molar-refractivity contribution in [2.45, 2.75) is 20.0 Å². The van der Waals surface area contributed by atoms with Crippen molar-refractivity contribution in [3.8, 4) is 11.3 Å². The standard InChI is InChI=1S/C24H27ClN8O4/c1-3-30-32(2)22-23(35)33(12-18(34)29-11-13-6-4-5-7-17(13)21(27)28)19(20(25)31-22)14-8-15(24(36)37)10-16(26)9-14/h4-10,30H,3,11-12,26H2,1-2H3,(H3,27,28)(H,29,34)(H,36,37). The van der Waals surface area contributed by atoms with Gasteiger partial charge < -0.3 is 21.9 Å². The number of hydrogen-bond acceptors (Lipinski definition) is 8. The van der Waals surface area contributed by atoms with Gasteiger partial charge in [-0.25, -0.2) is 15.2 Å². The van der Waals surface area contributed by atoms with Crippen molar-refractivity contribution in [3.05, 3.63) is 74.7 Å². The Balaban J connectivity index is 2.07. The van der Waals surface area contributed by atoms with E-state index in [0.29, 0.717) is 17.7 Å². The molecule has 3 aromatic rings. The molecule has 0 aliphatic carbocycles. The summed E-state index contributed by atoms with van der Waals surface area (Å²) < 4.78 is 1.12. The first kappa shape index (κ1) is 27.2. The van der Waals surface area contributed by atoms with Crippen molar-refractivity contribution in [1.29, 1.82) is 5.41 Å². The quantitative estimate of drug-likeness (QED) is 0.0979. The molecule has 1 aromatic heterocycles. The molecule has 0 unspecified atom stereocenters. The Kier molecular flexibility index (Phi) is 8.48. The smallest absolute Gasteiger partial charge is 0.335 e. The van der Waals surface area contributed by atoms with E-state index in [4.69, 9.17) is 28.5 Å². The summed E-state index contributed by atoms with van der Waals surface area (Å²) in [5.41, 5.74) is 15.2. The molecule has 0 atom stereocenters. The zero-order valence-corrected chi connectivity index (χ0v) is 21.0. The molecule has 1 amide bonds. The van der Waals surface area contributed by atoms with E-state index in [1.165, 1.54) is 23.2 Å². The number of nitrogens with zero attached hydrogens (tertiary/aromatic N) is 3. The van der Waals surface area contributed by atoms with Gasteiger partial charge in [0.15, 0.2) is 5.15 Å². The van der Waals surface area contributed by atoms with Gasteiger partial charge in [-0.1, -0.05) is 42.8 Å². The zero-order chi connectivity index (χ0) is 27.3. The van der Waals surface area contributed by atoms with Gasteiger partial charge in [-0.05, 0) is 23.8 Å². The van der Waals surface area contributed by atoms with E-state index >= 15 is 0 Å². The third kappa shape index (κ3) is 6.23. The Labute approximate surface area is 217 Å². The number of carbonyl (C=O) groups is 2. The number of hydrogen-bond donors (Lipinski definition) is 6. The van der Waals surface area contributed by atoms with E-state index in [2.05, 4.69) is 15.7 Å². The topological polar surface area (TPSA) is 192 Å². The molecule has 0 fully saturated rings. The lowest BCUT2D eigenvalue weighted by Crippen LogP contribution is -2.42. The molecule has 0 aliphatic heterocycles. The van der Waals surface area contributed by atoms with Crippen LogP contribution >= 0.6 is 11.6 Å². The largest absolute Gasteiger partial charge is 0.478 e. The van der Waals surface area contributed by atoms with Gasteiger partial charge in [0.05, 0.1) is 11.3 Å². The Hall–Kier alpha value is -4.42. The third-order valence-corrected chi connectivity index (χ3v) is 5.64. The molecule has 0 saturated heterocycles. The molecule has 3 rings (SSSR count). The van der Waals surface area contributed by atoms with Crippen molar-refractivity contribution >= 4 is 40.8 Å². The Morgan fingerprint density at radius 1 is 1.24 bits per heavy atom. The lowest BCUT2D eigenvalue weighted by atomic mass is 10.1. The summed E-state index contributed by atoms with van der Waals surface area (Å²) in [5.74, 6) is -1.97. The van der Waals surface area contributed by atoms with Crippen LogP contribution in [0.25, 0.3) is 11.3 Å². The summed E-state index contributed by atoms with van der Waals surface area (Å²) in [7, 11) is 1.58. The van der Waals surface area contributed by atoms with Crippen molar-refractivity contribution in [2.24, 2.45) is 5.73 Å². The number of hydrazine groups is 1. The number of nitrogens with two attached hydrogens (primary N) is 2. The number of anilines is 2. The number of halogens is 1. The summed E-state index contributed by atoms with van der Waals surface area (Å²) in [6.45, 7) is 1.92. The summed E-state index contributed by atoms with van der Waals surface area (Å²) >= 11 is 6.50. The van der Waals surface area contributed by atoms with Crippen LogP contribution in [0.1, 0.15) is 28.4 Å².